The zero-order valence-corrected chi connectivity index (χ0v) is 8.87. The molecule has 0 N–H and O–H groups in total. The van der Waals surface area contributed by atoms with E-state index in [2.05, 4.69) is 4.98 Å². The number of Topliss-reactive ketones (excluding diaryl/α,β-unsaturated/α-hetero) is 1. The summed E-state index contributed by atoms with van der Waals surface area (Å²) in [5, 5.41) is 1.04. The van der Waals surface area contributed by atoms with Crippen LogP contribution >= 0.6 is 11.6 Å². The number of ketones is 1. The number of fused-ring (bicyclic) bond motifs is 1. The Morgan fingerprint density at radius 3 is 3.00 bits per heavy atom. The van der Waals surface area contributed by atoms with Crippen LogP contribution in [0.2, 0.25) is 0 Å². The number of aromatic nitrogens is 1. The van der Waals surface area contributed by atoms with E-state index in [-0.39, 0.29) is 5.78 Å². The molecule has 1 aromatic carbocycles. The Balaban J connectivity index is 2.42. The fourth-order valence-corrected chi connectivity index (χ4v) is 1.64. The van der Waals surface area contributed by atoms with Crippen LogP contribution in [0.4, 0.5) is 0 Å². The lowest BCUT2D eigenvalue weighted by atomic mass is 10.1. The Morgan fingerprint density at radius 1 is 1.33 bits per heavy atom. The van der Waals surface area contributed by atoms with E-state index < -0.39 is 0 Å². The van der Waals surface area contributed by atoms with Crippen LogP contribution in [0.3, 0.4) is 0 Å². The van der Waals surface area contributed by atoms with Gasteiger partial charge in [0.25, 0.3) is 0 Å². The summed E-state index contributed by atoms with van der Waals surface area (Å²) in [6.07, 6.45) is 2.10. The van der Waals surface area contributed by atoms with Gasteiger partial charge in [-0.3, -0.25) is 9.78 Å². The highest BCUT2D eigenvalue weighted by molar-refractivity contribution is 6.19. The van der Waals surface area contributed by atoms with Crippen molar-refractivity contribution < 1.29 is 4.79 Å². The summed E-state index contributed by atoms with van der Waals surface area (Å²) in [5.41, 5.74) is 1.53. The summed E-state index contributed by atoms with van der Waals surface area (Å²) >= 11 is 5.53. The zero-order valence-electron chi connectivity index (χ0n) is 8.11. The maximum absolute atomic E-state index is 11.6. The summed E-state index contributed by atoms with van der Waals surface area (Å²) in [6.45, 7) is 0. The van der Waals surface area contributed by atoms with Crippen LogP contribution in [-0.2, 0) is 0 Å². The van der Waals surface area contributed by atoms with Crippen LogP contribution in [0.5, 0.6) is 0 Å². The molecule has 0 atom stereocenters. The Hall–Kier alpha value is -1.41. The van der Waals surface area contributed by atoms with Gasteiger partial charge in [-0.05, 0) is 12.1 Å². The van der Waals surface area contributed by atoms with Crippen LogP contribution in [-0.4, -0.2) is 16.6 Å². The predicted octanol–water partition coefficient (Wildman–Crippen LogP) is 3.05. The van der Waals surface area contributed by atoms with Gasteiger partial charge in [0.1, 0.15) is 0 Å². The molecule has 0 fully saturated rings. The molecule has 0 radical (unpaired) electrons. The van der Waals surface area contributed by atoms with Crippen molar-refractivity contribution in [2.24, 2.45) is 0 Å². The Bertz CT molecular complexity index is 496. The molecule has 0 aliphatic carbocycles. The number of carbonyl (C=O) groups excluding carboxylic acids is 1. The fraction of sp³-hybridized carbons (Fsp3) is 0.167. The second-order valence-corrected chi connectivity index (χ2v) is 3.65. The molecular formula is C12H10ClNO. The van der Waals surface area contributed by atoms with Crippen molar-refractivity contribution in [3.05, 3.63) is 42.1 Å². The molecule has 2 aromatic rings. The molecule has 0 saturated carbocycles. The summed E-state index contributed by atoms with van der Waals surface area (Å²) < 4.78 is 0. The van der Waals surface area contributed by atoms with E-state index in [1.54, 1.807) is 6.20 Å². The molecule has 0 amide bonds. The predicted molar refractivity (Wildman–Crippen MR) is 61.4 cm³/mol. The number of rotatable bonds is 3. The van der Waals surface area contributed by atoms with Gasteiger partial charge in [0.15, 0.2) is 5.78 Å². The van der Waals surface area contributed by atoms with Gasteiger partial charge < -0.3 is 0 Å². The average Bonchev–Trinajstić information content (AvgIpc) is 2.29. The summed E-state index contributed by atoms with van der Waals surface area (Å²) in [7, 11) is 0. The van der Waals surface area contributed by atoms with Gasteiger partial charge in [-0.2, -0.15) is 0 Å². The smallest absolute Gasteiger partial charge is 0.164 e. The van der Waals surface area contributed by atoms with Crippen LogP contribution in [0.15, 0.2) is 36.5 Å². The largest absolute Gasteiger partial charge is 0.294 e. The molecule has 1 aromatic heterocycles. The quantitative estimate of drug-likeness (QED) is 0.587. The molecular weight excluding hydrogens is 210 g/mol. The number of benzene rings is 1. The summed E-state index contributed by atoms with van der Waals surface area (Å²) in [4.78, 5) is 15.8. The number of alkyl halides is 1. The van der Waals surface area contributed by atoms with Gasteiger partial charge in [-0.1, -0.05) is 18.2 Å². The van der Waals surface area contributed by atoms with E-state index >= 15 is 0 Å². The first-order chi connectivity index (χ1) is 7.31. The van der Waals surface area contributed by atoms with Crippen molar-refractivity contribution in [1.29, 1.82) is 0 Å². The summed E-state index contributed by atoms with van der Waals surface area (Å²) in [5.74, 6) is 0.427. The van der Waals surface area contributed by atoms with E-state index in [0.29, 0.717) is 17.9 Å². The van der Waals surface area contributed by atoms with Gasteiger partial charge in [0.2, 0.25) is 0 Å². The molecule has 0 spiro atoms. The van der Waals surface area contributed by atoms with Gasteiger partial charge in [-0.15, -0.1) is 11.6 Å². The number of hydrogen-bond donors (Lipinski definition) is 0. The highest BCUT2D eigenvalue weighted by Gasteiger charge is 2.05. The van der Waals surface area contributed by atoms with Crippen LogP contribution in [0, 0.1) is 0 Å². The molecule has 15 heavy (non-hydrogen) atoms. The standard InChI is InChI=1S/C12H10ClNO/c13-6-5-12(15)10-4-3-9-2-1-7-14-11(9)8-10/h1-4,7-8H,5-6H2. The van der Waals surface area contributed by atoms with Crippen molar-refractivity contribution in [1.82, 2.24) is 4.98 Å². The maximum atomic E-state index is 11.6. The third kappa shape index (κ3) is 2.16. The Morgan fingerprint density at radius 2 is 2.20 bits per heavy atom. The van der Waals surface area contributed by atoms with E-state index in [1.807, 2.05) is 30.3 Å². The minimum atomic E-state index is 0.0672. The first-order valence-electron chi connectivity index (χ1n) is 4.75. The lowest BCUT2D eigenvalue weighted by Gasteiger charge is -2.00. The maximum Gasteiger partial charge on any atom is 0.164 e. The first kappa shape index (κ1) is 10.1. The molecule has 3 heteroatoms. The van der Waals surface area contributed by atoms with Crippen LogP contribution in [0.1, 0.15) is 16.8 Å². The lowest BCUT2D eigenvalue weighted by Crippen LogP contribution is -1.99. The number of carbonyl (C=O) groups is 1. The second kappa shape index (κ2) is 4.41. The minimum absolute atomic E-state index is 0.0672. The molecule has 2 nitrogen and oxygen atoms in total. The number of nitrogens with zero attached hydrogens (tertiary/aromatic N) is 1. The fourth-order valence-electron chi connectivity index (χ4n) is 1.47. The SMILES string of the molecule is O=C(CCCl)c1ccc2cccnc2c1. The monoisotopic (exact) mass is 219 g/mol. The molecule has 2 rings (SSSR count). The first-order valence-corrected chi connectivity index (χ1v) is 5.28. The van der Waals surface area contributed by atoms with E-state index in [4.69, 9.17) is 11.6 Å². The van der Waals surface area contributed by atoms with E-state index in [9.17, 15) is 4.79 Å². The van der Waals surface area contributed by atoms with Crippen molar-refractivity contribution >= 4 is 28.3 Å². The van der Waals surface area contributed by atoms with Gasteiger partial charge in [-0.25, -0.2) is 0 Å². The van der Waals surface area contributed by atoms with E-state index in [0.717, 1.165) is 10.9 Å². The van der Waals surface area contributed by atoms with Crippen LogP contribution in [0.25, 0.3) is 10.9 Å². The second-order valence-electron chi connectivity index (χ2n) is 3.27. The number of hydrogen-bond acceptors (Lipinski definition) is 2. The van der Waals surface area contributed by atoms with Gasteiger partial charge in [0, 0.05) is 29.4 Å². The normalized spacial score (nSPS) is 10.5. The summed E-state index contributed by atoms with van der Waals surface area (Å²) in [6, 6.07) is 9.38. The Kier molecular flexibility index (Phi) is 2.97. The van der Waals surface area contributed by atoms with Gasteiger partial charge >= 0.3 is 0 Å². The van der Waals surface area contributed by atoms with Crippen LogP contribution < -0.4 is 0 Å². The van der Waals surface area contributed by atoms with Crippen molar-refractivity contribution in [3.8, 4) is 0 Å². The molecule has 0 bridgehead atoms. The highest BCUT2D eigenvalue weighted by Crippen LogP contribution is 2.14. The number of halogens is 1. The highest BCUT2D eigenvalue weighted by atomic mass is 35.5. The molecule has 0 aliphatic heterocycles. The topological polar surface area (TPSA) is 30.0 Å². The molecule has 0 saturated heterocycles. The molecule has 0 aliphatic rings. The molecule has 76 valence electrons. The Labute approximate surface area is 92.9 Å². The third-order valence-corrected chi connectivity index (χ3v) is 2.44. The van der Waals surface area contributed by atoms with E-state index in [1.165, 1.54) is 0 Å². The minimum Gasteiger partial charge on any atom is -0.294 e. The van der Waals surface area contributed by atoms with Gasteiger partial charge in [0.05, 0.1) is 5.52 Å². The molecule has 0 unspecified atom stereocenters. The zero-order chi connectivity index (χ0) is 10.7. The third-order valence-electron chi connectivity index (χ3n) is 2.25. The van der Waals surface area contributed by atoms with Crippen molar-refractivity contribution in [2.45, 2.75) is 6.42 Å². The lowest BCUT2D eigenvalue weighted by molar-refractivity contribution is 0.0989. The number of pyridine rings is 1. The van der Waals surface area contributed by atoms with Crippen molar-refractivity contribution in [2.75, 3.05) is 5.88 Å². The average molecular weight is 220 g/mol. The van der Waals surface area contributed by atoms with Crippen molar-refractivity contribution in [3.63, 3.8) is 0 Å². The molecule has 1 heterocycles.